The summed E-state index contributed by atoms with van der Waals surface area (Å²) in [6.45, 7) is 3.46. The number of rotatable bonds is 6. The number of carbonyl (C=O) groups is 1. The number of aryl methyl sites for hydroxylation is 1. The molecule has 0 N–H and O–H groups in total. The SMILES string of the molecule is Cc1ccc(S(=O)(=O)N(CC(=O)N2c3ccc(Br)cc3C[C@H]2C)Cc2ccc(Cl)cc2Cl)cc1. The lowest BCUT2D eigenvalue weighted by molar-refractivity contribution is -0.119. The number of sulfonamides is 1. The van der Waals surface area contributed by atoms with Crippen molar-refractivity contribution in [2.45, 2.75) is 37.8 Å². The summed E-state index contributed by atoms with van der Waals surface area (Å²) in [5, 5.41) is 0.792. The Morgan fingerprint density at radius 1 is 1.09 bits per heavy atom. The van der Waals surface area contributed by atoms with Gasteiger partial charge in [0.2, 0.25) is 15.9 Å². The minimum Gasteiger partial charge on any atom is -0.308 e. The minimum absolute atomic E-state index is 0.0621. The fourth-order valence-electron chi connectivity index (χ4n) is 4.13. The number of carbonyl (C=O) groups excluding carboxylic acids is 1. The van der Waals surface area contributed by atoms with Gasteiger partial charge in [-0.25, -0.2) is 8.42 Å². The van der Waals surface area contributed by atoms with Crippen LogP contribution >= 0.6 is 39.1 Å². The van der Waals surface area contributed by atoms with E-state index in [1.54, 1.807) is 47.4 Å². The summed E-state index contributed by atoms with van der Waals surface area (Å²) in [7, 11) is -3.98. The smallest absolute Gasteiger partial charge is 0.243 e. The molecule has 178 valence electrons. The zero-order valence-corrected chi connectivity index (χ0v) is 22.5. The molecule has 4 rings (SSSR count). The highest BCUT2D eigenvalue weighted by molar-refractivity contribution is 9.10. The molecule has 0 fully saturated rings. The van der Waals surface area contributed by atoms with Crippen molar-refractivity contribution in [2.24, 2.45) is 0 Å². The second kappa shape index (κ2) is 9.99. The average Bonchev–Trinajstić information content (AvgIpc) is 3.10. The average molecular weight is 582 g/mol. The molecule has 0 saturated carbocycles. The van der Waals surface area contributed by atoms with Crippen molar-refractivity contribution in [3.63, 3.8) is 0 Å². The first kappa shape index (κ1) is 25.2. The van der Waals surface area contributed by atoms with Crippen LogP contribution in [-0.4, -0.2) is 31.2 Å². The maximum atomic E-state index is 13.6. The van der Waals surface area contributed by atoms with E-state index in [0.29, 0.717) is 22.0 Å². The molecule has 0 spiro atoms. The molecule has 1 atom stereocenters. The van der Waals surface area contributed by atoms with Gasteiger partial charge in [-0.2, -0.15) is 4.31 Å². The van der Waals surface area contributed by atoms with E-state index < -0.39 is 10.0 Å². The van der Waals surface area contributed by atoms with Crippen LogP contribution in [-0.2, 0) is 27.8 Å². The molecule has 0 unspecified atom stereocenters. The lowest BCUT2D eigenvalue weighted by Gasteiger charge is -2.28. The topological polar surface area (TPSA) is 57.7 Å². The van der Waals surface area contributed by atoms with Gasteiger partial charge in [0, 0.05) is 32.8 Å². The molecule has 34 heavy (non-hydrogen) atoms. The molecule has 1 aliphatic rings. The Morgan fingerprint density at radius 2 is 1.79 bits per heavy atom. The fourth-order valence-corrected chi connectivity index (χ4v) is 6.38. The third-order valence-electron chi connectivity index (χ3n) is 5.86. The van der Waals surface area contributed by atoms with E-state index in [4.69, 9.17) is 23.2 Å². The van der Waals surface area contributed by atoms with Crippen molar-refractivity contribution in [3.05, 3.63) is 91.9 Å². The molecule has 3 aromatic rings. The van der Waals surface area contributed by atoms with E-state index in [-0.39, 0.29) is 29.9 Å². The Labute approximate surface area is 218 Å². The largest absolute Gasteiger partial charge is 0.308 e. The van der Waals surface area contributed by atoms with Gasteiger partial charge in [0.15, 0.2) is 0 Å². The van der Waals surface area contributed by atoms with Gasteiger partial charge >= 0.3 is 0 Å². The number of hydrogen-bond donors (Lipinski definition) is 0. The molecule has 1 aliphatic heterocycles. The van der Waals surface area contributed by atoms with E-state index in [2.05, 4.69) is 15.9 Å². The van der Waals surface area contributed by atoms with E-state index in [1.807, 2.05) is 32.0 Å². The molecule has 1 heterocycles. The maximum absolute atomic E-state index is 13.6. The second-order valence-corrected chi connectivity index (χ2v) is 12.1. The molecule has 9 heteroatoms. The lowest BCUT2D eigenvalue weighted by atomic mass is 10.1. The number of fused-ring (bicyclic) bond motifs is 1. The van der Waals surface area contributed by atoms with Gasteiger partial charge in [-0.1, -0.05) is 62.9 Å². The Bertz CT molecular complexity index is 1350. The predicted molar refractivity (Wildman–Crippen MR) is 140 cm³/mol. The zero-order chi connectivity index (χ0) is 24.6. The van der Waals surface area contributed by atoms with Gasteiger partial charge in [-0.3, -0.25) is 4.79 Å². The Hall–Kier alpha value is -1.90. The van der Waals surface area contributed by atoms with Gasteiger partial charge in [0.05, 0.1) is 11.4 Å². The summed E-state index contributed by atoms with van der Waals surface area (Å²) in [6, 6.07) is 17.1. The summed E-state index contributed by atoms with van der Waals surface area (Å²) in [6.07, 6.45) is 0.703. The van der Waals surface area contributed by atoms with Crippen LogP contribution in [0.3, 0.4) is 0 Å². The third-order valence-corrected chi connectivity index (χ3v) is 8.74. The zero-order valence-electron chi connectivity index (χ0n) is 18.6. The van der Waals surface area contributed by atoms with Crippen LogP contribution in [0.25, 0.3) is 0 Å². The molecular weight excluding hydrogens is 559 g/mol. The molecule has 0 bridgehead atoms. The summed E-state index contributed by atoms with van der Waals surface area (Å²) in [5.74, 6) is -0.297. The minimum atomic E-state index is -3.98. The number of amides is 1. The summed E-state index contributed by atoms with van der Waals surface area (Å²) < 4.78 is 29.4. The molecule has 0 aromatic heterocycles. The van der Waals surface area contributed by atoms with Crippen LogP contribution in [0.4, 0.5) is 5.69 Å². The Kier molecular flexibility index (Phi) is 7.41. The summed E-state index contributed by atoms with van der Waals surface area (Å²) >= 11 is 15.8. The molecule has 5 nitrogen and oxygen atoms in total. The van der Waals surface area contributed by atoms with E-state index in [9.17, 15) is 13.2 Å². The number of benzene rings is 3. The quantitative estimate of drug-likeness (QED) is 0.346. The predicted octanol–water partition coefficient (Wildman–Crippen LogP) is 6.23. The standard InChI is InChI=1S/C25H23BrCl2N2O3S/c1-16-3-8-22(9-4-16)34(32,33)29(14-18-5-7-21(27)13-23(18)28)15-25(31)30-17(2)11-19-12-20(26)6-10-24(19)30/h3-10,12-13,17H,11,14-15H2,1-2H3/t17-/m1/s1. The van der Waals surface area contributed by atoms with Crippen LogP contribution in [0.5, 0.6) is 0 Å². The maximum Gasteiger partial charge on any atom is 0.243 e. The Balaban J connectivity index is 1.69. The van der Waals surface area contributed by atoms with Crippen LogP contribution in [0, 0.1) is 6.92 Å². The van der Waals surface area contributed by atoms with Crippen molar-refractivity contribution < 1.29 is 13.2 Å². The van der Waals surface area contributed by atoms with E-state index >= 15 is 0 Å². The first-order chi connectivity index (χ1) is 16.1. The summed E-state index contributed by atoms with van der Waals surface area (Å²) in [4.78, 5) is 15.3. The van der Waals surface area contributed by atoms with Gasteiger partial charge < -0.3 is 4.90 Å². The number of anilines is 1. The molecule has 0 aliphatic carbocycles. The molecule has 0 radical (unpaired) electrons. The van der Waals surface area contributed by atoms with Crippen molar-refractivity contribution in [1.82, 2.24) is 4.31 Å². The van der Waals surface area contributed by atoms with Crippen molar-refractivity contribution >= 4 is 60.7 Å². The first-order valence-electron chi connectivity index (χ1n) is 10.7. The van der Waals surface area contributed by atoms with Crippen LogP contribution < -0.4 is 4.90 Å². The van der Waals surface area contributed by atoms with E-state index in [1.165, 1.54) is 4.31 Å². The highest BCUT2D eigenvalue weighted by atomic mass is 79.9. The van der Waals surface area contributed by atoms with Crippen molar-refractivity contribution in [1.29, 1.82) is 0 Å². The number of halogens is 3. The molecule has 0 saturated heterocycles. The van der Waals surface area contributed by atoms with Gasteiger partial charge in [0.25, 0.3) is 0 Å². The number of hydrogen-bond acceptors (Lipinski definition) is 3. The van der Waals surface area contributed by atoms with Gasteiger partial charge in [-0.05, 0) is 73.9 Å². The van der Waals surface area contributed by atoms with Gasteiger partial charge in [-0.15, -0.1) is 0 Å². The summed E-state index contributed by atoms with van der Waals surface area (Å²) in [5.41, 5.74) is 3.35. The monoisotopic (exact) mass is 580 g/mol. The van der Waals surface area contributed by atoms with Crippen LogP contribution in [0.2, 0.25) is 10.0 Å². The Morgan fingerprint density at radius 3 is 2.47 bits per heavy atom. The third kappa shape index (κ3) is 5.19. The second-order valence-electron chi connectivity index (χ2n) is 8.41. The molecule has 1 amide bonds. The first-order valence-corrected chi connectivity index (χ1v) is 13.7. The van der Waals surface area contributed by atoms with Crippen LogP contribution in [0.1, 0.15) is 23.6 Å². The fraction of sp³-hybridized carbons (Fsp3) is 0.240. The van der Waals surface area contributed by atoms with Gasteiger partial charge in [0.1, 0.15) is 0 Å². The highest BCUT2D eigenvalue weighted by Gasteiger charge is 2.35. The normalized spacial score (nSPS) is 15.6. The van der Waals surface area contributed by atoms with Crippen molar-refractivity contribution in [3.8, 4) is 0 Å². The molecule has 3 aromatic carbocycles. The highest BCUT2D eigenvalue weighted by Crippen LogP contribution is 2.35. The molecular formula is C25H23BrCl2N2O3S. The van der Waals surface area contributed by atoms with E-state index in [0.717, 1.165) is 21.3 Å². The van der Waals surface area contributed by atoms with Crippen molar-refractivity contribution in [2.75, 3.05) is 11.4 Å². The lowest BCUT2D eigenvalue weighted by Crippen LogP contribution is -2.44. The number of nitrogens with zero attached hydrogens (tertiary/aromatic N) is 2. The van der Waals surface area contributed by atoms with Crippen LogP contribution in [0.15, 0.2) is 70.0 Å².